The highest BCUT2D eigenvalue weighted by molar-refractivity contribution is 7.92. The molecule has 1 atom stereocenters. The first-order valence-corrected chi connectivity index (χ1v) is 12.7. The van der Waals surface area contributed by atoms with Crippen LogP contribution in [0.2, 0.25) is 0 Å². The van der Waals surface area contributed by atoms with E-state index in [2.05, 4.69) is 10.3 Å². The molecule has 6 nitrogen and oxygen atoms in total. The van der Waals surface area contributed by atoms with E-state index in [-0.39, 0.29) is 11.7 Å². The van der Waals surface area contributed by atoms with Gasteiger partial charge < -0.3 is 10.2 Å². The Hall–Kier alpha value is -3.40. The number of rotatable bonds is 7. The lowest BCUT2D eigenvalue weighted by molar-refractivity contribution is -0.191. The second-order valence-corrected chi connectivity index (χ2v) is 10.7. The van der Waals surface area contributed by atoms with Crippen LogP contribution in [-0.2, 0) is 14.6 Å². The number of anilines is 1. The van der Waals surface area contributed by atoms with Crippen LogP contribution in [0, 0.1) is 5.92 Å². The minimum atomic E-state index is -4.79. The molecule has 3 aromatic rings. The Kier molecular flexibility index (Phi) is 6.84. The van der Waals surface area contributed by atoms with Gasteiger partial charge in [-0.2, -0.15) is 13.2 Å². The van der Waals surface area contributed by atoms with E-state index in [1.165, 1.54) is 18.3 Å². The van der Waals surface area contributed by atoms with Gasteiger partial charge in [-0.05, 0) is 23.3 Å². The van der Waals surface area contributed by atoms with E-state index in [0.717, 1.165) is 18.2 Å². The first kappa shape index (κ1) is 24.7. The van der Waals surface area contributed by atoms with Crippen molar-refractivity contribution >= 4 is 21.4 Å². The summed E-state index contributed by atoms with van der Waals surface area (Å²) in [5.41, 5.74) is 2.09. The smallest absolute Gasteiger partial charge is 0.373 e. The number of sulfone groups is 1. The largest absolute Gasteiger partial charge is 0.414 e. The van der Waals surface area contributed by atoms with E-state index in [0.29, 0.717) is 10.6 Å². The minimum Gasteiger partial charge on any atom is -0.373 e. The molecule has 1 aliphatic rings. The quantitative estimate of drug-likeness (QED) is 0.518. The van der Waals surface area contributed by atoms with Gasteiger partial charge in [0.25, 0.3) is 0 Å². The molecule has 0 saturated carbocycles. The summed E-state index contributed by atoms with van der Waals surface area (Å²) in [7, 11) is -2.32. The SMILES string of the molecule is CN(C(=O)C1CS(=O)(=O)C1)C(c1ccc(NC(c2ccccc2)c2ccccc2)cn1)C(F)(F)F. The molecule has 35 heavy (non-hydrogen) atoms. The van der Waals surface area contributed by atoms with Gasteiger partial charge in [-0.1, -0.05) is 60.7 Å². The summed E-state index contributed by atoms with van der Waals surface area (Å²) < 4.78 is 64.6. The Balaban J connectivity index is 1.57. The van der Waals surface area contributed by atoms with Gasteiger partial charge in [-0.3, -0.25) is 9.78 Å². The zero-order valence-corrected chi connectivity index (χ0v) is 19.6. The number of carbonyl (C=O) groups excluding carboxylic acids is 1. The van der Waals surface area contributed by atoms with Crippen molar-refractivity contribution in [3.8, 4) is 0 Å². The lowest BCUT2D eigenvalue weighted by atomic mass is 9.98. The Morgan fingerprint density at radius 2 is 1.51 bits per heavy atom. The average molecular weight is 504 g/mol. The third-order valence-corrected chi connectivity index (χ3v) is 7.77. The van der Waals surface area contributed by atoms with Gasteiger partial charge in [0.2, 0.25) is 5.91 Å². The monoisotopic (exact) mass is 503 g/mol. The number of pyridine rings is 1. The minimum absolute atomic E-state index is 0.256. The van der Waals surface area contributed by atoms with Crippen molar-refractivity contribution in [1.82, 2.24) is 9.88 Å². The van der Waals surface area contributed by atoms with Crippen LogP contribution in [0.15, 0.2) is 79.0 Å². The summed E-state index contributed by atoms with van der Waals surface area (Å²) >= 11 is 0. The Bertz CT molecular complexity index is 1220. The van der Waals surface area contributed by atoms with Crippen molar-refractivity contribution in [3.63, 3.8) is 0 Å². The summed E-state index contributed by atoms with van der Waals surface area (Å²) in [4.78, 5) is 17.1. The number of carbonyl (C=O) groups is 1. The molecular formula is C25H24F3N3O3S. The third kappa shape index (κ3) is 5.64. The molecule has 0 bridgehead atoms. The Morgan fingerprint density at radius 3 is 1.94 bits per heavy atom. The predicted molar refractivity (Wildman–Crippen MR) is 126 cm³/mol. The first-order valence-electron chi connectivity index (χ1n) is 10.9. The fraction of sp³-hybridized carbons (Fsp3) is 0.280. The number of alkyl halides is 3. The second kappa shape index (κ2) is 9.69. The van der Waals surface area contributed by atoms with Crippen LogP contribution in [0.4, 0.5) is 18.9 Å². The van der Waals surface area contributed by atoms with Crippen molar-refractivity contribution in [2.75, 3.05) is 23.9 Å². The molecule has 2 heterocycles. The average Bonchev–Trinajstić information content (AvgIpc) is 2.81. The number of hydrogen-bond acceptors (Lipinski definition) is 5. The molecule has 0 aliphatic carbocycles. The maximum absolute atomic E-state index is 13.9. The topological polar surface area (TPSA) is 79.4 Å². The summed E-state index contributed by atoms with van der Waals surface area (Å²) in [5, 5.41) is 3.32. The third-order valence-electron chi connectivity index (χ3n) is 5.95. The second-order valence-electron chi connectivity index (χ2n) is 8.54. The summed E-state index contributed by atoms with van der Waals surface area (Å²) in [6.45, 7) is 0. The van der Waals surface area contributed by atoms with Crippen LogP contribution in [-0.4, -0.2) is 48.9 Å². The molecule has 2 aromatic carbocycles. The number of halogens is 3. The van der Waals surface area contributed by atoms with Gasteiger partial charge >= 0.3 is 6.18 Å². The number of aromatic nitrogens is 1. The number of hydrogen-bond donors (Lipinski definition) is 1. The lowest BCUT2D eigenvalue weighted by Crippen LogP contribution is -2.50. The van der Waals surface area contributed by atoms with Crippen LogP contribution in [0.5, 0.6) is 0 Å². The van der Waals surface area contributed by atoms with Crippen LogP contribution in [0.3, 0.4) is 0 Å². The highest BCUT2D eigenvalue weighted by Gasteiger charge is 2.49. The van der Waals surface area contributed by atoms with Crippen LogP contribution >= 0.6 is 0 Å². The molecule has 1 fully saturated rings. The summed E-state index contributed by atoms with van der Waals surface area (Å²) in [6, 6.07) is 19.4. The van der Waals surface area contributed by atoms with E-state index in [4.69, 9.17) is 0 Å². The molecule has 1 N–H and O–H groups in total. The molecule has 1 aliphatic heterocycles. The normalized spacial score (nSPS) is 16.4. The predicted octanol–water partition coefficient (Wildman–Crippen LogP) is 4.39. The Morgan fingerprint density at radius 1 is 0.971 bits per heavy atom. The van der Waals surface area contributed by atoms with E-state index < -0.39 is 45.4 Å². The highest BCUT2D eigenvalue weighted by atomic mass is 32.2. The molecule has 10 heteroatoms. The van der Waals surface area contributed by atoms with E-state index in [1.807, 2.05) is 60.7 Å². The molecule has 0 radical (unpaired) electrons. The maximum Gasteiger partial charge on any atom is 0.414 e. The van der Waals surface area contributed by atoms with E-state index in [1.54, 1.807) is 0 Å². The lowest BCUT2D eigenvalue weighted by Gasteiger charge is -2.34. The number of nitrogens with one attached hydrogen (secondary N) is 1. The molecule has 4 rings (SSSR count). The fourth-order valence-corrected chi connectivity index (χ4v) is 5.59. The van der Waals surface area contributed by atoms with Gasteiger partial charge in [-0.15, -0.1) is 0 Å². The molecule has 0 spiro atoms. The molecule has 1 amide bonds. The Labute approximate surface area is 201 Å². The fourth-order valence-electron chi connectivity index (χ4n) is 4.18. The van der Waals surface area contributed by atoms with Crippen LogP contribution in [0.25, 0.3) is 0 Å². The molecular weight excluding hydrogens is 479 g/mol. The zero-order chi connectivity index (χ0) is 25.2. The van der Waals surface area contributed by atoms with Crippen molar-refractivity contribution in [1.29, 1.82) is 0 Å². The number of amides is 1. The van der Waals surface area contributed by atoms with Gasteiger partial charge in [0.05, 0.1) is 41.0 Å². The zero-order valence-electron chi connectivity index (χ0n) is 18.8. The number of benzene rings is 2. The van der Waals surface area contributed by atoms with Crippen molar-refractivity contribution in [3.05, 3.63) is 95.8 Å². The van der Waals surface area contributed by atoms with Gasteiger partial charge in [0.15, 0.2) is 15.9 Å². The molecule has 1 aromatic heterocycles. The molecule has 1 unspecified atom stereocenters. The molecule has 1 saturated heterocycles. The maximum atomic E-state index is 13.9. The highest BCUT2D eigenvalue weighted by Crippen LogP contribution is 2.38. The van der Waals surface area contributed by atoms with Gasteiger partial charge in [0, 0.05) is 7.05 Å². The van der Waals surface area contributed by atoms with E-state index in [9.17, 15) is 26.4 Å². The van der Waals surface area contributed by atoms with Crippen molar-refractivity contribution < 1.29 is 26.4 Å². The molecule has 184 valence electrons. The van der Waals surface area contributed by atoms with E-state index >= 15 is 0 Å². The van der Waals surface area contributed by atoms with Crippen LogP contribution in [0.1, 0.15) is 28.9 Å². The van der Waals surface area contributed by atoms with Gasteiger partial charge in [0.1, 0.15) is 0 Å². The first-order chi connectivity index (χ1) is 16.5. The summed E-state index contributed by atoms with van der Waals surface area (Å²) in [5.74, 6) is -2.69. The summed E-state index contributed by atoms with van der Waals surface area (Å²) in [6.07, 6.45) is -3.48. The van der Waals surface area contributed by atoms with Crippen LogP contribution < -0.4 is 5.32 Å². The van der Waals surface area contributed by atoms with Gasteiger partial charge in [-0.25, -0.2) is 8.42 Å². The number of nitrogens with zero attached hydrogens (tertiary/aromatic N) is 2. The van der Waals surface area contributed by atoms with Crippen molar-refractivity contribution in [2.24, 2.45) is 5.92 Å². The van der Waals surface area contributed by atoms with Crippen molar-refractivity contribution in [2.45, 2.75) is 18.3 Å². The standard InChI is InChI=1S/C25H24F3N3O3S/c1-31(24(32)19-15-35(33,34)16-19)23(25(26,27)28)21-13-12-20(14-29-21)30-22(17-8-4-2-5-9-17)18-10-6-3-7-11-18/h2-14,19,22-23,30H,15-16H2,1H3.